The van der Waals surface area contributed by atoms with Crippen molar-refractivity contribution in [3.05, 3.63) is 99.9 Å². The van der Waals surface area contributed by atoms with Gasteiger partial charge in [0.2, 0.25) is 0 Å². The molecule has 37 heavy (non-hydrogen) atoms. The van der Waals surface area contributed by atoms with Crippen molar-refractivity contribution < 1.29 is 19.0 Å². The maximum atomic E-state index is 13.5. The Hall–Kier alpha value is -4.34. The van der Waals surface area contributed by atoms with Gasteiger partial charge >= 0.3 is 0 Å². The van der Waals surface area contributed by atoms with E-state index in [1.54, 1.807) is 87.0 Å². The van der Waals surface area contributed by atoms with Crippen LogP contribution in [0.3, 0.4) is 0 Å². The number of nitrogens with zero attached hydrogens (tertiary/aromatic N) is 2. The van der Waals surface area contributed by atoms with Gasteiger partial charge in [0.25, 0.3) is 11.5 Å². The summed E-state index contributed by atoms with van der Waals surface area (Å²) in [5.74, 6) is 1.17. The Morgan fingerprint density at radius 2 is 1.62 bits per heavy atom. The summed E-state index contributed by atoms with van der Waals surface area (Å²) >= 11 is 6.00. The van der Waals surface area contributed by atoms with Crippen molar-refractivity contribution in [1.29, 1.82) is 0 Å². The maximum Gasteiger partial charge on any atom is 0.299 e. The molecule has 0 radical (unpaired) electrons. The lowest BCUT2D eigenvalue weighted by atomic mass is 10.2. The number of carbonyl (C=O) groups is 1. The van der Waals surface area contributed by atoms with E-state index in [0.717, 1.165) is 0 Å². The number of carbonyl (C=O) groups excluding carboxylic acids is 1. The maximum absolute atomic E-state index is 13.5. The van der Waals surface area contributed by atoms with Gasteiger partial charge < -0.3 is 24.8 Å². The van der Waals surface area contributed by atoms with Gasteiger partial charge in [-0.05, 0) is 72.8 Å². The lowest BCUT2D eigenvalue weighted by Gasteiger charge is -2.15. The van der Waals surface area contributed by atoms with E-state index < -0.39 is 5.56 Å². The molecule has 4 aromatic rings. The van der Waals surface area contributed by atoms with E-state index in [-0.39, 0.29) is 17.3 Å². The molecule has 190 valence electrons. The topological polar surface area (TPSA) is 104 Å². The number of benzene rings is 3. The molecule has 10 heteroatoms. The standard InChI is InChI=1S/C27H25ClN4O5/c1-35-16-15-29-26(33)18-3-7-20(8-4-18)31-25-24(37-23-13-11-22(36-2)12-14-23)17-30-32(27(25)34)21-9-5-19(28)6-10-21/h3-14,17,31H,15-16H2,1-2H3,(H,29,33). The minimum Gasteiger partial charge on any atom is -0.497 e. The van der Waals surface area contributed by atoms with Crippen LogP contribution in [-0.2, 0) is 4.74 Å². The van der Waals surface area contributed by atoms with E-state index in [0.29, 0.717) is 46.6 Å². The fourth-order valence-electron chi connectivity index (χ4n) is 3.39. The van der Waals surface area contributed by atoms with Crippen LogP contribution in [0.5, 0.6) is 17.2 Å². The average molecular weight is 521 g/mol. The van der Waals surface area contributed by atoms with Crippen LogP contribution in [-0.4, -0.2) is 43.1 Å². The lowest BCUT2D eigenvalue weighted by Crippen LogP contribution is -2.26. The lowest BCUT2D eigenvalue weighted by molar-refractivity contribution is 0.0937. The second-order valence-corrected chi connectivity index (χ2v) is 8.24. The molecular weight excluding hydrogens is 496 g/mol. The van der Waals surface area contributed by atoms with Crippen molar-refractivity contribution in [2.45, 2.75) is 0 Å². The Bertz CT molecular complexity index is 1410. The Morgan fingerprint density at radius 1 is 0.946 bits per heavy atom. The van der Waals surface area contributed by atoms with Gasteiger partial charge in [0.15, 0.2) is 11.4 Å². The number of nitrogens with one attached hydrogen (secondary N) is 2. The smallest absolute Gasteiger partial charge is 0.299 e. The van der Waals surface area contributed by atoms with E-state index in [4.69, 9.17) is 25.8 Å². The summed E-state index contributed by atoms with van der Waals surface area (Å²) in [6.07, 6.45) is 1.46. The predicted molar refractivity (Wildman–Crippen MR) is 142 cm³/mol. The van der Waals surface area contributed by atoms with Crippen LogP contribution in [0.4, 0.5) is 11.4 Å². The van der Waals surface area contributed by atoms with Crippen molar-refractivity contribution >= 4 is 28.9 Å². The van der Waals surface area contributed by atoms with Crippen molar-refractivity contribution in [2.24, 2.45) is 0 Å². The van der Waals surface area contributed by atoms with E-state index in [2.05, 4.69) is 15.7 Å². The second-order valence-electron chi connectivity index (χ2n) is 7.81. The Kier molecular flexibility index (Phi) is 8.40. The molecule has 9 nitrogen and oxygen atoms in total. The summed E-state index contributed by atoms with van der Waals surface area (Å²) in [7, 11) is 3.14. The molecule has 1 amide bonds. The second kappa shape index (κ2) is 12.1. The highest BCUT2D eigenvalue weighted by molar-refractivity contribution is 6.30. The van der Waals surface area contributed by atoms with Gasteiger partial charge in [-0.15, -0.1) is 0 Å². The van der Waals surface area contributed by atoms with E-state index in [1.165, 1.54) is 10.9 Å². The Labute approximate surface area is 218 Å². The molecule has 0 bridgehead atoms. The van der Waals surface area contributed by atoms with Gasteiger partial charge in [-0.25, -0.2) is 0 Å². The minimum absolute atomic E-state index is 0.165. The van der Waals surface area contributed by atoms with Crippen LogP contribution in [0.1, 0.15) is 10.4 Å². The van der Waals surface area contributed by atoms with Crippen LogP contribution < -0.4 is 25.7 Å². The zero-order chi connectivity index (χ0) is 26.2. The first kappa shape index (κ1) is 25.7. The summed E-state index contributed by atoms with van der Waals surface area (Å²) in [4.78, 5) is 25.8. The molecule has 0 saturated carbocycles. The van der Waals surface area contributed by atoms with Gasteiger partial charge in [0.1, 0.15) is 11.5 Å². The quantitative estimate of drug-likeness (QED) is 0.289. The zero-order valence-corrected chi connectivity index (χ0v) is 21.0. The number of rotatable bonds is 10. The van der Waals surface area contributed by atoms with Crippen LogP contribution in [0.2, 0.25) is 5.02 Å². The highest BCUT2D eigenvalue weighted by atomic mass is 35.5. The summed E-state index contributed by atoms with van der Waals surface area (Å²) in [6.45, 7) is 0.826. The fourth-order valence-corrected chi connectivity index (χ4v) is 3.51. The molecule has 2 N–H and O–H groups in total. The molecular formula is C27H25ClN4O5. The fraction of sp³-hybridized carbons (Fsp3) is 0.148. The summed E-state index contributed by atoms with van der Waals surface area (Å²) < 4.78 is 17.4. The SMILES string of the molecule is COCCNC(=O)c1ccc(Nc2c(Oc3ccc(OC)cc3)cnn(-c3ccc(Cl)cc3)c2=O)cc1. The number of ether oxygens (including phenoxy) is 3. The summed E-state index contributed by atoms with van der Waals surface area (Å²) in [6, 6.07) is 20.4. The number of amides is 1. The van der Waals surface area contributed by atoms with Crippen LogP contribution in [0.25, 0.3) is 5.69 Å². The third-order valence-corrected chi connectivity index (χ3v) is 5.56. The Morgan fingerprint density at radius 3 is 2.27 bits per heavy atom. The molecule has 0 aliphatic rings. The minimum atomic E-state index is -0.435. The first-order chi connectivity index (χ1) is 18.0. The molecule has 0 aliphatic heterocycles. The third-order valence-electron chi connectivity index (χ3n) is 5.31. The van der Waals surface area contributed by atoms with E-state index >= 15 is 0 Å². The molecule has 3 aromatic carbocycles. The van der Waals surface area contributed by atoms with Gasteiger partial charge in [-0.2, -0.15) is 9.78 Å². The first-order valence-electron chi connectivity index (χ1n) is 11.3. The molecule has 0 unspecified atom stereocenters. The van der Waals surface area contributed by atoms with Crippen molar-refractivity contribution in [2.75, 3.05) is 32.7 Å². The van der Waals surface area contributed by atoms with E-state index in [1.807, 2.05) is 0 Å². The number of hydrogen-bond acceptors (Lipinski definition) is 7. The normalized spacial score (nSPS) is 10.6. The van der Waals surface area contributed by atoms with Crippen LogP contribution >= 0.6 is 11.6 Å². The van der Waals surface area contributed by atoms with Crippen LogP contribution in [0, 0.1) is 0 Å². The number of anilines is 2. The van der Waals surface area contributed by atoms with E-state index in [9.17, 15) is 9.59 Å². The number of halogens is 1. The average Bonchev–Trinajstić information content (AvgIpc) is 2.92. The predicted octanol–water partition coefficient (Wildman–Crippen LogP) is 4.81. The largest absolute Gasteiger partial charge is 0.497 e. The molecule has 0 fully saturated rings. The molecule has 0 spiro atoms. The summed E-state index contributed by atoms with van der Waals surface area (Å²) in [5, 5.41) is 10.7. The molecule has 0 saturated heterocycles. The van der Waals surface area contributed by atoms with Gasteiger partial charge in [0.05, 0.1) is 25.6 Å². The molecule has 0 atom stereocenters. The van der Waals surface area contributed by atoms with Crippen LogP contribution in [0.15, 0.2) is 83.8 Å². The number of methoxy groups -OCH3 is 2. The van der Waals surface area contributed by atoms with Crippen molar-refractivity contribution in [3.63, 3.8) is 0 Å². The molecule has 1 heterocycles. The monoisotopic (exact) mass is 520 g/mol. The highest BCUT2D eigenvalue weighted by Crippen LogP contribution is 2.30. The highest BCUT2D eigenvalue weighted by Gasteiger charge is 2.16. The Balaban J connectivity index is 1.66. The first-order valence-corrected chi connectivity index (χ1v) is 11.7. The molecule has 0 aliphatic carbocycles. The molecule has 1 aromatic heterocycles. The summed E-state index contributed by atoms with van der Waals surface area (Å²) in [5.41, 5.74) is 1.33. The third kappa shape index (κ3) is 6.46. The number of hydrogen-bond donors (Lipinski definition) is 2. The van der Waals surface area contributed by atoms with Gasteiger partial charge in [-0.1, -0.05) is 11.6 Å². The zero-order valence-electron chi connectivity index (χ0n) is 20.2. The van der Waals surface area contributed by atoms with Gasteiger partial charge in [-0.3, -0.25) is 9.59 Å². The molecule has 4 rings (SSSR count). The van der Waals surface area contributed by atoms with Crippen molar-refractivity contribution in [3.8, 4) is 22.9 Å². The number of aromatic nitrogens is 2. The van der Waals surface area contributed by atoms with Crippen molar-refractivity contribution in [1.82, 2.24) is 15.1 Å². The van der Waals surface area contributed by atoms with Gasteiger partial charge in [0, 0.05) is 29.9 Å².